The van der Waals surface area contributed by atoms with Crippen LogP contribution < -0.4 is 5.73 Å². The first-order valence-electron chi connectivity index (χ1n) is 6.02. The highest BCUT2D eigenvalue weighted by Gasteiger charge is 2.11. The number of aryl methyl sites for hydroxylation is 2. The molecule has 0 aliphatic carbocycles. The highest BCUT2D eigenvalue weighted by molar-refractivity contribution is 5.60. The summed E-state index contributed by atoms with van der Waals surface area (Å²) in [6.07, 6.45) is 0. The van der Waals surface area contributed by atoms with Crippen molar-refractivity contribution in [3.8, 4) is 17.1 Å². The number of hydrogen-bond acceptors (Lipinski definition) is 6. The van der Waals surface area contributed by atoms with Crippen molar-refractivity contribution < 1.29 is 14.4 Å². The van der Waals surface area contributed by atoms with Crippen LogP contribution in [0.25, 0.3) is 11.4 Å². The van der Waals surface area contributed by atoms with Gasteiger partial charge >= 0.3 is 0 Å². The molecule has 0 radical (unpaired) electrons. The summed E-state index contributed by atoms with van der Waals surface area (Å²) in [5, 5.41) is 13.6. The van der Waals surface area contributed by atoms with Gasteiger partial charge in [0.2, 0.25) is 5.82 Å². The molecule has 1 heterocycles. The van der Waals surface area contributed by atoms with E-state index in [1.54, 1.807) is 0 Å². The highest BCUT2D eigenvalue weighted by Crippen LogP contribution is 2.27. The molecule has 0 saturated heterocycles. The summed E-state index contributed by atoms with van der Waals surface area (Å²) in [5.41, 5.74) is 7.69. The molecular weight excluding hydrogens is 246 g/mol. The number of ether oxygens (including phenoxy) is 1. The van der Waals surface area contributed by atoms with E-state index in [-0.39, 0.29) is 6.61 Å². The van der Waals surface area contributed by atoms with Gasteiger partial charge in [0, 0.05) is 12.1 Å². The largest absolute Gasteiger partial charge is 0.507 e. The Morgan fingerprint density at radius 2 is 2.00 bits per heavy atom. The van der Waals surface area contributed by atoms with E-state index in [1.807, 2.05) is 26.0 Å². The summed E-state index contributed by atoms with van der Waals surface area (Å²) < 4.78 is 10.3. The average Bonchev–Trinajstić information content (AvgIpc) is 2.84. The van der Waals surface area contributed by atoms with Crippen LogP contribution in [0.4, 0.5) is 0 Å². The van der Waals surface area contributed by atoms with Crippen molar-refractivity contribution in [3.63, 3.8) is 0 Å². The van der Waals surface area contributed by atoms with Crippen molar-refractivity contribution in [2.45, 2.75) is 20.5 Å². The Labute approximate surface area is 111 Å². The number of phenols is 1. The maximum Gasteiger partial charge on any atom is 0.252 e. The van der Waals surface area contributed by atoms with Gasteiger partial charge in [-0.2, -0.15) is 4.98 Å². The summed E-state index contributed by atoms with van der Waals surface area (Å²) in [7, 11) is 0. The van der Waals surface area contributed by atoms with Gasteiger partial charge in [-0.3, -0.25) is 0 Å². The van der Waals surface area contributed by atoms with E-state index in [0.29, 0.717) is 30.6 Å². The zero-order valence-corrected chi connectivity index (χ0v) is 11.0. The lowest BCUT2D eigenvalue weighted by molar-refractivity contribution is 0.104. The monoisotopic (exact) mass is 263 g/mol. The van der Waals surface area contributed by atoms with Crippen molar-refractivity contribution in [1.29, 1.82) is 0 Å². The van der Waals surface area contributed by atoms with Gasteiger partial charge in [0.1, 0.15) is 12.4 Å². The maximum absolute atomic E-state index is 9.73. The van der Waals surface area contributed by atoms with E-state index in [1.165, 1.54) is 0 Å². The lowest BCUT2D eigenvalue weighted by Crippen LogP contribution is -2.08. The average molecular weight is 263 g/mol. The second-order valence-corrected chi connectivity index (χ2v) is 4.31. The summed E-state index contributed by atoms with van der Waals surface area (Å²) in [5.74, 6) is 1.18. The van der Waals surface area contributed by atoms with E-state index in [0.717, 1.165) is 16.7 Å². The van der Waals surface area contributed by atoms with Gasteiger partial charge in [0.25, 0.3) is 5.89 Å². The van der Waals surface area contributed by atoms with Crippen LogP contribution in [0.2, 0.25) is 0 Å². The van der Waals surface area contributed by atoms with E-state index >= 15 is 0 Å². The zero-order valence-electron chi connectivity index (χ0n) is 11.0. The third-order valence-corrected chi connectivity index (χ3v) is 2.71. The molecule has 0 fully saturated rings. The Balaban J connectivity index is 2.18. The molecule has 0 spiro atoms. The number of nitrogens with zero attached hydrogens (tertiary/aromatic N) is 2. The highest BCUT2D eigenvalue weighted by atomic mass is 16.5. The van der Waals surface area contributed by atoms with E-state index in [9.17, 15) is 5.11 Å². The number of phenolic OH excluding ortho intramolecular Hbond substituents is 1. The minimum Gasteiger partial charge on any atom is -0.507 e. The number of aromatic nitrogens is 2. The Morgan fingerprint density at radius 3 is 2.63 bits per heavy atom. The second-order valence-electron chi connectivity index (χ2n) is 4.31. The number of nitrogens with two attached hydrogens (primary N) is 1. The summed E-state index contributed by atoms with van der Waals surface area (Å²) in [4.78, 5) is 4.24. The van der Waals surface area contributed by atoms with Crippen molar-refractivity contribution in [2.75, 3.05) is 13.2 Å². The lowest BCUT2D eigenvalue weighted by Gasteiger charge is -2.04. The van der Waals surface area contributed by atoms with Crippen LogP contribution in [0.15, 0.2) is 16.7 Å². The molecule has 0 aliphatic heterocycles. The number of rotatable bonds is 5. The minimum absolute atomic E-state index is 0.250. The fourth-order valence-electron chi connectivity index (χ4n) is 1.76. The van der Waals surface area contributed by atoms with E-state index in [4.69, 9.17) is 15.0 Å². The third kappa shape index (κ3) is 3.10. The Hall–Kier alpha value is -1.92. The third-order valence-electron chi connectivity index (χ3n) is 2.71. The van der Waals surface area contributed by atoms with Crippen molar-refractivity contribution in [2.24, 2.45) is 5.73 Å². The topological polar surface area (TPSA) is 94.4 Å². The Morgan fingerprint density at radius 1 is 1.32 bits per heavy atom. The van der Waals surface area contributed by atoms with Gasteiger partial charge in [0.15, 0.2) is 0 Å². The SMILES string of the molecule is Cc1cc(-c2noc(COCCN)n2)cc(C)c1O. The molecular formula is C13H17N3O3. The van der Waals surface area contributed by atoms with Crippen LogP contribution in [0.5, 0.6) is 5.75 Å². The summed E-state index contributed by atoms with van der Waals surface area (Å²) in [6, 6.07) is 3.63. The normalized spacial score (nSPS) is 10.9. The van der Waals surface area contributed by atoms with Gasteiger partial charge in [-0.15, -0.1) is 0 Å². The van der Waals surface area contributed by atoms with Crippen LogP contribution in [0, 0.1) is 13.8 Å². The lowest BCUT2D eigenvalue weighted by atomic mass is 10.1. The quantitative estimate of drug-likeness (QED) is 0.794. The molecule has 19 heavy (non-hydrogen) atoms. The van der Waals surface area contributed by atoms with Crippen LogP contribution in [-0.2, 0) is 11.3 Å². The van der Waals surface area contributed by atoms with Gasteiger partial charge < -0.3 is 20.1 Å². The molecule has 1 aromatic carbocycles. The molecule has 0 unspecified atom stereocenters. The Bertz CT molecular complexity index is 543. The van der Waals surface area contributed by atoms with Crippen molar-refractivity contribution >= 4 is 0 Å². The van der Waals surface area contributed by atoms with Crippen LogP contribution >= 0.6 is 0 Å². The zero-order chi connectivity index (χ0) is 13.8. The van der Waals surface area contributed by atoms with Crippen LogP contribution in [0.3, 0.4) is 0 Å². The molecule has 0 amide bonds. The number of aromatic hydroxyl groups is 1. The predicted molar refractivity (Wildman–Crippen MR) is 69.6 cm³/mol. The van der Waals surface area contributed by atoms with Crippen molar-refractivity contribution in [3.05, 3.63) is 29.2 Å². The van der Waals surface area contributed by atoms with Crippen LogP contribution in [-0.4, -0.2) is 28.4 Å². The fourth-order valence-corrected chi connectivity index (χ4v) is 1.76. The molecule has 6 nitrogen and oxygen atoms in total. The molecule has 1 aromatic heterocycles. The number of benzene rings is 1. The molecule has 0 bridgehead atoms. The second kappa shape index (κ2) is 5.81. The minimum atomic E-state index is 0.250. The molecule has 2 rings (SSSR count). The van der Waals surface area contributed by atoms with E-state index in [2.05, 4.69) is 10.1 Å². The molecule has 2 aromatic rings. The number of hydrogen-bond donors (Lipinski definition) is 2. The van der Waals surface area contributed by atoms with Gasteiger partial charge in [-0.1, -0.05) is 5.16 Å². The predicted octanol–water partition coefficient (Wildman–Crippen LogP) is 1.53. The Kier molecular flexibility index (Phi) is 4.13. The summed E-state index contributed by atoms with van der Waals surface area (Å²) >= 11 is 0. The molecule has 0 saturated carbocycles. The van der Waals surface area contributed by atoms with Gasteiger partial charge in [0.05, 0.1) is 6.61 Å². The van der Waals surface area contributed by atoms with Gasteiger partial charge in [-0.05, 0) is 37.1 Å². The van der Waals surface area contributed by atoms with E-state index < -0.39 is 0 Å². The molecule has 3 N–H and O–H groups in total. The summed E-state index contributed by atoms with van der Waals surface area (Å²) in [6.45, 7) is 4.82. The van der Waals surface area contributed by atoms with Crippen LogP contribution in [0.1, 0.15) is 17.0 Å². The molecule has 0 atom stereocenters. The van der Waals surface area contributed by atoms with Crippen molar-refractivity contribution in [1.82, 2.24) is 10.1 Å². The molecule has 6 heteroatoms. The molecule has 0 aliphatic rings. The standard InChI is InChI=1S/C13H17N3O3/c1-8-5-10(6-9(2)12(8)17)13-15-11(19-16-13)7-18-4-3-14/h5-6,17H,3-4,7,14H2,1-2H3. The van der Waals surface area contributed by atoms with Gasteiger partial charge in [-0.25, -0.2) is 0 Å². The first-order chi connectivity index (χ1) is 9.11. The maximum atomic E-state index is 9.73. The first-order valence-corrected chi connectivity index (χ1v) is 6.02. The molecule has 102 valence electrons. The smallest absolute Gasteiger partial charge is 0.252 e. The fraction of sp³-hybridized carbons (Fsp3) is 0.385. The first kappa shape index (κ1) is 13.5.